The molecular formula is C39H38O8. The van der Waals surface area contributed by atoms with Gasteiger partial charge in [-0.1, -0.05) is 86.0 Å². The predicted octanol–water partition coefficient (Wildman–Crippen LogP) is 6.30. The van der Waals surface area contributed by atoms with Crippen molar-refractivity contribution in [2.75, 3.05) is 40.6 Å². The smallest absolute Gasteiger partial charge is 0.330 e. The van der Waals surface area contributed by atoms with Crippen LogP contribution in [0.2, 0.25) is 0 Å². The van der Waals surface area contributed by atoms with Crippen molar-refractivity contribution >= 4 is 11.9 Å². The van der Waals surface area contributed by atoms with E-state index in [0.717, 1.165) is 23.3 Å². The van der Waals surface area contributed by atoms with Crippen LogP contribution in [0.1, 0.15) is 22.3 Å². The third-order valence-corrected chi connectivity index (χ3v) is 8.22. The molecule has 5 rings (SSSR count). The molecule has 1 aliphatic rings. The van der Waals surface area contributed by atoms with Crippen molar-refractivity contribution < 1.29 is 38.0 Å². The molecule has 0 saturated heterocycles. The number of fused-ring (bicyclic) bond motifs is 3. The molecule has 0 aliphatic heterocycles. The zero-order valence-electron chi connectivity index (χ0n) is 26.6. The van der Waals surface area contributed by atoms with Gasteiger partial charge in [-0.3, -0.25) is 0 Å². The lowest BCUT2D eigenvalue weighted by atomic mass is 9.68. The lowest BCUT2D eigenvalue weighted by molar-refractivity contribution is -0.142. The molecule has 0 aromatic heterocycles. The minimum absolute atomic E-state index is 0.0602. The van der Waals surface area contributed by atoms with E-state index in [1.807, 2.05) is 24.3 Å². The van der Waals surface area contributed by atoms with Gasteiger partial charge < -0.3 is 28.4 Å². The number of hydrogen-bond acceptors (Lipinski definition) is 8. The van der Waals surface area contributed by atoms with Gasteiger partial charge in [0.05, 0.1) is 5.41 Å². The minimum Gasteiger partial charge on any atom is -0.491 e. The number of hydrogen-bond donors (Lipinski definition) is 0. The second-order valence-electron chi connectivity index (χ2n) is 10.9. The summed E-state index contributed by atoms with van der Waals surface area (Å²) in [5.41, 5.74) is 6.25. The third-order valence-electron chi connectivity index (χ3n) is 8.22. The Morgan fingerprint density at radius 2 is 0.979 bits per heavy atom. The molecule has 1 aliphatic carbocycles. The van der Waals surface area contributed by atoms with Crippen LogP contribution in [-0.4, -0.2) is 64.8 Å². The fourth-order valence-electron chi connectivity index (χ4n) is 5.84. The fourth-order valence-corrected chi connectivity index (χ4v) is 5.84. The molecule has 47 heavy (non-hydrogen) atoms. The molecule has 2 unspecified atom stereocenters. The molecule has 8 nitrogen and oxygen atoms in total. The Bertz CT molecular complexity index is 1570. The van der Waals surface area contributed by atoms with Crippen molar-refractivity contribution in [3.63, 3.8) is 0 Å². The highest BCUT2D eigenvalue weighted by Gasteiger charge is 2.45. The molecular weight excluding hydrogens is 596 g/mol. The van der Waals surface area contributed by atoms with Crippen LogP contribution < -0.4 is 9.47 Å². The number of esters is 2. The summed E-state index contributed by atoms with van der Waals surface area (Å²) < 4.78 is 33.1. The molecule has 0 spiro atoms. The number of methoxy groups -OCH3 is 2. The van der Waals surface area contributed by atoms with Gasteiger partial charge in [0.15, 0.2) is 0 Å². The van der Waals surface area contributed by atoms with Crippen LogP contribution in [-0.2, 0) is 34.0 Å². The molecule has 242 valence electrons. The van der Waals surface area contributed by atoms with Crippen LogP contribution in [0.4, 0.5) is 0 Å². The molecule has 0 amide bonds. The average Bonchev–Trinajstić information content (AvgIpc) is 3.43. The second-order valence-corrected chi connectivity index (χ2v) is 10.9. The first kappa shape index (κ1) is 33.2. The van der Waals surface area contributed by atoms with Gasteiger partial charge in [-0.2, -0.15) is 0 Å². The summed E-state index contributed by atoms with van der Waals surface area (Å²) in [4.78, 5) is 22.9. The molecule has 4 aromatic carbocycles. The van der Waals surface area contributed by atoms with Crippen LogP contribution in [0.3, 0.4) is 0 Å². The summed E-state index contributed by atoms with van der Waals surface area (Å²) in [5.74, 6) is 0.305. The van der Waals surface area contributed by atoms with Crippen molar-refractivity contribution in [2.45, 2.75) is 17.6 Å². The van der Waals surface area contributed by atoms with Crippen LogP contribution >= 0.6 is 0 Å². The highest BCUT2D eigenvalue weighted by Crippen LogP contribution is 2.56. The van der Waals surface area contributed by atoms with Crippen molar-refractivity contribution in [3.8, 4) is 22.6 Å². The topological polar surface area (TPSA) is 89.5 Å². The molecule has 0 saturated carbocycles. The van der Waals surface area contributed by atoms with E-state index in [0.29, 0.717) is 11.5 Å². The SMILES string of the molecule is C=CC(=O)OCC(COc1ccc(C2(c3ccc(OCC(COC(=O)C=C)OC)cc3)c3ccccc3-c3ccccc32)cc1)OC. The largest absolute Gasteiger partial charge is 0.491 e. The first-order valence-corrected chi connectivity index (χ1v) is 15.2. The number of carbonyl (C=O) groups is 2. The van der Waals surface area contributed by atoms with Crippen LogP contribution in [0.25, 0.3) is 11.1 Å². The summed E-state index contributed by atoms with van der Waals surface area (Å²) in [6.07, 6.45) is 1.37. The maximum atomic E-state index is 11.5. The second kappa shape index (κ2) is 15.4. The molecule has 0 fully saturated rings. The first-order chi connectivity index (χ1) is 22.9. The number of rotatable bonds is 16. The fraction of sp³-hybridized carbons (Fsp3) is 0.231. The Balaban J connectivity index is 1.44. The van der Waals surface area contributed by atoms with Crippen molar-refractivity contribution in [1.82, 2.24) is 0 Å². The third kappa shape index (κ3) is 7.14. The zero-order valence-corrected chi connectivity index (χ0v) is 26.6. The predicted molar refractivity (Wildman–Crippen MR) is 179 cm³/mol. The summed E-state index contributed by atoms with van der Waals surface area (Å²) in [6, 6.07) is 33.1. The maximum absolute atomic E-state index is 11.5. The van der Waals surface area contributed by atoms with Crippen molar-refractivity contribution in [3.05, 3.63) is 145 Å². The van der Waals surface area contributed by atoms with Crippen LogP contribution in [0.15, 0.2) is 122 Å². The Labute approximate surface area is 275 Å². The standard InChI is InChI=1S/C39H38O8/c1-5-37(40)46-25-31(42-3)23-44-29-19-15-27(16-20-29)39(35-13-9-7-11-33(35)34-12-8-10-14-36(34)39)28-17-21-30(22-18-28)45-24-32(43-4)26-47-38(41)6-2/h5-22,31-32H,1-2,23-26H2,3-4H3. The average molecular weight is 635 g/mol. The van der Waals surface area contributed by atoms with E-state index < -0.39 is 29.6 Å². The quantitative estimate of drug-likeness (QED) is 0.0924. The lowest BCUT2D eigenvalue weighted by Gasteiger charge is -2.34. The van der Waals surface area contributed by atoms with Gasteiger partial charge in [-0.25, -0.2) is 9.59 Å². The zero-order chi connectivity index (χ0) is 33.2. The molecule has 8 heteroatoms. The van der Waals surface area contributed by atoms with E-state index in [9.17, 15) is 9.59 Å². The summed E-state index contributed by atoms with van der Waals surface area (Å²) in [7, 11) is 3.09. The number of carbonyl (C=O) groups excluding carboxylic acids is 2. The first-order valence-electron chi connectivity index (χ1n) is 15.2. The minimum atomic E-state index is -0.605. The molecule has 0 heterocycles. The summed E-state index contributed by atoms with van der Waals surface area (Å²) in [6.45, 7) is 7.37. The van der Waals surface area contributed by atoms with Crippen LogP contribution in [0, 0.1) is 0 Å². The monoisotopic (exact) mass is 634 g/mol. The normalized spacial score (nSPS) is 13.7. The lowest BCUT2D eigenvalue weighted by Crippen LogP contribution is -2.29. The van der Waals surface area contributed by atoms with E-state index >= 15 is 0 Å². The van der Waals surface area contributed by atoms with E-state index in [1.165, 1.54) is 22.3 Å². The van der Waals surface area contributed by atoms with E-state index in [4.69, 9.17) is 28.4 Å². The van der Waals surface area contributed by atoms with Gasteiger partial charge >= 0.3 is 11.9 Å². The van der Waals surface area contributed by atoms with Gasteiger partial charge in [0.1, 0.15) is 50.1 Å². The highest BCUT2D eigenvalue weighted by atomic mass is 16.6. The molecule has 4 aromatic rings. The number of benzene rings is 4. The van der Waals surface area contributed by atoms with Crippen molar-refractivity contribution in [1.29, 1.82) is 0 Å². The summed E-state index contributed by atoms with van der Waals surface area (Å²) >= 11 is 0. The molecule has 0 N–H and O–H groups in total. The Morgan fingerprint density at radius 1 is 0.596 bits per heavy atom. The summed E-state index contributed by atoms with van der Waals surface area (Å²) in [5, 5.41) is 0. The van der Waals surface area contributed by atoms with E-state index in [1.54, 1.807) is 14.2 Å². The van der Waals surface area contributed by atoms with Gasteiger partial charge in [-0.05, 0) is 57.6 Å². The van der Waals surface area contributed by atoms with Gasteiger partial charge in [0.2, 0.25) is 0 Å². The van der Waals surface area contributed by atoms with E-state index in [2.05, 4.69) is 86.0 Å². The van der Waals surface area contributed by atoms with Gasteiger partial charge in [0.25, 0.3) is 0 Å². The Morgan fingerprint density at radius 3 is 1.34 bits per heavy atom. The van der Waals surface area contributed by atoms with E-state index in [-0.39, 0.29) is 26.4 Å². The van der Waals surface area contributed by atoms with Crippen LogP contribution in [0.5, 0.6) is 11.5 Å². The number of ether oxygens (including phenoxy) is 6. The Hall–Kier alpha value is -5.18. The molecule has 0 radical (unpaired) electrons. The Kier molecular flexibility index (Phi) is 10.9. The molecule has 2 atom stereocenters. The molecule has 0 bridgehead atoms. The highest BCUT2D eigenvalue weighted by molar-refractivity contribution is 5.86. The maximum Gasteiger partial charge on any atom is 0.330 e. The van der Waals surface area contributed by atoms with Crippen molar-refractivity contribution in [2.24, 2.45) is 0 Å². The van der Waals surface area contributed by atoms with Gasteiger partial charge in [0, 0.05) is 26.4 Å². The van der Waals surface area contributed by atoms with Gasteiger partial charge in [-0.15, -0.1) is 0 Å².